The van der Waals surface area contributed by atoms with Gasteiger partial charge in [0.2, 0.25) is 0 Å². The van der Waals surface area contributed by atoms with E-state index in [-0.39, 0.29) is 24.6 Å². The fraction of sp³-hybridized carbons (Fsp3) is 0.176. The Morgan fingerprint density at radius 1 is 1.36 bits per heavy atom. The molecule has 0 aliphatic carbocycles. The number of carbonyl (C=O) groups is 2. The lowest BCUT2D eigenvalue weighted by Crippen LogP contribution is -2.38. The molecule has 1 aliphatic heterocycles. The summed E-state index contributed by atoms with van der Waals surface area (Å²) in [5.74, 6) is -0.843. The summed E-state index contributed by atoms with van der Waals surface area (Å²) in [5.41, 5.74) is 2.28. The summed E-state index contributed by atoms with van der Waals surface area (Å²) in [6, 6.07) is 8.73. The first kappa shape index (κ1) is 16.7. The molecule has 0 saturated heterocycles. The topological polar surface area (TPSA) is 88.1 Å². The lowest BCUT2D eigenvalue weighted by Gasteiger charge is -2.30. The standard InChI is InChI=1S/C17H15FN2O5/c1-24-12-4-2-11(13(18)7-12)8-20-14-6-10(17(22)19-23)3-5-15(14)25-9-16(20)21/h2-7,23H,8-9H2,1H3,(H,19,22). The second kappa shape index (κ2) is 6.78. The van der Waals surface area contributed by atoms with Crippen molar-refractivity contribution in [2.75, 3.05) is 18.6 Å². The predicted octanol–water partition coefficient (Wildman–Crippen LogP) is 1.88. The molecular weight excluding hydrogens is 331 g/mol. The first-order chi connectivity index (χ1) is 12.0. The Bertz CT molecular complexity index is 840. The quantitative estimate of drug-likeness (QED) is 0.652. The summed E-state index contributed by atoms with van der Waals surface area (Å²) in [5, 5.41) is 8.76. The number of amides is 2. The molecule has 0 saturated carbocycles. The van der Waals surface area contributed by atoms with Crippen LogP contribution >= 0.6 is 0 Å². The highest BCUT2D eigenvalue weighted by atomic mass is 19.1. The SMILES string of the molecule is COc1ccc(CN2C(=O)COc3ccc(C(=O)NO)cc32)c(F)c1. The van der Waals surface area contributed by atoms with Gasteiger partial charge in [-0.3, -0.25) is 14.8 Å². The highest BCUT2D eigenvalue weighted by Gasteiger charge is 2.27. The van der Waals surface area contributed by atoms with E-state index in [4.69, 9.17) is 14.7 Å². The zero-order valence-corrected chi connectivity index (χ0v) is 13.3. The van der Waals surface area contributed by atoms with E-state index in [1.807, 2.05) is 0 Å². The number of hydrogen-bond acceptors (Lipinski definition) is 5. The Morgan fingerprint density at radius 3 is 2.84 bits per heavy atom. The lowest BCUT2D eigenvalue weighted by atomic mass is 10.1. The number of hydrogen-bond donors (Lipinski definition) is 2. The van der Waals surface area contributed by atoms with Gasteiger partial charge in [0, 0.05) is 17.2 Å². The monoisotopic (exact) mass is 346 g/mol. The predicted molar refractivity (Wildman–Crippen MR) is 85.3 cm³/mol. The van der Waals surface area contributed by atoms with E-state index in [2.05, 4.69) is 0 Å². The Hall–Kier alpha value is -3.13. The van der Waals surface area contributed by atoms with Gasteiger partial charge in [-0.2, -0.15) is 0 Å². The molecule has 0 radical (unpaired) electrons. The molecule has 0 unspecified atom stereocenters. The van der Waals surface area contributed by atoms with Crippen LogP contribution in [0.25, 0.3) is 0 Å². The third-order valence-electron chi connectivity index (χ3n) is 3.85. The maximum absolute atomic E-state index is 14.2. The third kappa shape index (κ3) is 3.24. The molecule has 8 heteroatoms. The molecule has 0 spiro atoms. The second-order valence-corrected chi connectivity index (χ2v) is 5.35. The van der Waals surface area contributed by atoms with Gasteiger partial charge in [-0.15, -0.1) is 0 Å². The van der Waals surface area contributed by atoms with Gasteiger partial charge in [0.05, 0.1) is 19.3 Å². The third-order valence-corrected chi connectivity index (χ3v) is 3.85. The number of fused-ring (bicyclic) bond motifs is 1. The molecule has 1 heterocycles. The highest BCUT2D eigenvalue weighted by Crippen LogP contribution is 2.34. The van der Waals surface area contributed by atoms with Crippen LogP contribution in [-0.2, 0) is 11.3 Å². The number of carbonyl (C=O) groups excluding carboxylic acids is 2. The van der Waals surface area contributed by atoms with E-state index < -0.39 is 11.7 Å². The average Bonchev–Trinajstić information content (AvgIpc) is 2.64. The van der Waals surface area contributed by atoms with Gasteiger partial charge in [-0.05, 0) is 24.3 Å². The first-order valence-corrected chi connectivity index (χ1v) is 7.37. The Kier molecular flexibility index (Phi) is 4.53. The van der Waals surface area contributed by atoms with Crippen molar-refractivity contribution >= 4 is 17.5 Å². The Labute approximate surface area is 142 Å². The van der Waals surface area contributed by atoms with Gasteiger partial charge in [-0.1, -0.05) is 6.07 Å². The van der Waals surface area contributed by atoms with E-state index in [1.165, 1.54) is 47.8 Å². The maximum Gasteiger partial charge on any atom is 0.274 e. The highest BCUT2D eigenvalue weighted by molar-refractivity contribution is 6.01. The summed E-state index contributed by atoms with van der Waals surface area (Å²) in [4.78, 5) is 25.2. The van der Waals surface area contributed by atoms with Gasteiger partial charge < -0.3 is 14.4 Å². The molecule has 2 N–H and O–H groups in total. The molecular formula is C17H15FN2O5. The van der Waals surface area contributed by atoms with Crippen molar-refractivity contribution in [2.45, 2.75) is 6.54 Å². The second-order valence-electron chi connectivity index (χ2n) is 5.35. The summed E-state index contributed by atoms with van der Waals surface area (Å²) in [6.45, 7) is -0.217. The van der Waals surface area contributed by atoms with Crippen molar-refractivity contribution in [3.63, 3.8) is 0 Å². The molecule has 2 aromatic carbocycles. The van der Waals surface area contributed by atoms with Crippen LogP contribution in [-0.4, -0.2) is 30.7 Å². The number of halogens is 1. The van der Waals surface area contributed by atoms with Crippen LogP contribution in [0.1, 0.15) is 15.9 Å². The van der Waals surface area contributed by atoms with Crippen molar-refractivity contribution in [1.82, 2.24) is 5.48 Å². The maximum atomic E-state index is 14.2. The number of nitrogens with one attached hydrogen (secondary N) is 1. The van der Waals surface area contributed by atoms with Crippen LogP contribution in [0.3, 0.4) is 0 Å². The minimum Gasteiger partial charge on any atom is -0.497 e. The molecule has 0 aromatic heterocycles. The van der Waals surface area contributed by atoms with Crippen LogP contribution in [0, 0.1) is 5.82 Å². The molecule has 0 bridgehead atoms. The molecule has 25 heavy (non-hydrogen) atoms. The molecule has 0 fully saturated rings. The first-order valence-electron chi connectivity index (χ1n) is 7.37. The summed E-state index contributed by atoms with van der Waals surface area (Å²) in [6.07, 6.45) is 0. The smallest absolute Gasteiger partial charge is 0.274 e. The van der Waals surface area contributed by atoms with Gasteiger partial charge in [0.25, 0.3) is 11.8 Å². The molecule has 2 aromatic rings. The molecule has 2 amide bonds. The van der Waals surface area contributed by atoms with Crippen LogP contribution in [0.15, 0.2) is 36.4 Å². The fourth-order valence-electron chi connectivity index (χ4n) is 2.53. The minimum atomic E-state index is -0.726. The van der Waals surface area contributed by atoms with Crippen molar-refractivity contribution in [2.24, 2.45) is 0 Å². The molecule has 0 atom stereocenters. The number of benzene rings is 2. The molecule has 7 nitrogen and oxygen atoms in total. The van der Waals surface area contributed by atoms with Crippen molar-refractivity contribution < 1.29 is 28.7 Å². The van der Waals surface area contributed by atoms with E-state index in [1.54, 1.807) is 6.07 Å². The van der Waals surface area contributed by atoms with Crippen molar-refractivity contribution in [1.29, 1.82) is 0 Å². The summed E-state index contributed by atoms with van der Waals surface area (Å²) < 4.78 is 24.5. The zero-order valence-electron chi connectivity index (χ0n) is 13.3. The van der Waals surface area contributed by atoms with Gasteiger partial charge in [0.15, 0.2) is 6.61 Å². The van der Waals surface area contributed by atoms with Crippen LogP contribution in [0.5, 0.6) is 11.5 Å². The number of hydroxylamine groups is 1. The summed E-state index contributed by atoms with van der Waals surface area (Å²) >= 11 is 0. The van der Waals surface area contributed by atoms with Crippen LogP contribution in [0.2, 0.25) is 0 Å². The molecule has 130 valence electrons. The minimum absolute atomic E-state index is 0.0325. The normalized spacial score (nSPS) is 13.1. The zero-order chi connectivity index (χ0) is 18.0. The van der Waals surface area contributed by atoms with Gasteiger partial charge >= 0.3 is 0 Å². The van der Waals surface area contributed by atoms with E-state index in [9.17, 15) is 14.0 Å². The van der Waals surface area contributed by atoms with E-state index >= 15 is 0 Å². The van der Waals surface area contributed by atoms with E-state index in [0.29, 0.717) is 22.7 Å². The molecule has 3 rings (SSSR count). The largest absolute Gasteiger partial charge is 0.497 e. The summed E-state index contributed by atoms with van der Waals surface area (Å²) in [7, 11) is 1.43. The van der Waals surface area contributed by atoms with Crippen LogP contribution in [0.4, 0.5) is 10.1 Å². The number of rotatable bonds is 4. The Morgan fingerprint density at radius 2 is 2.16 bits per heavy atom. The number of ether oxygens (including phenoxy) is 2. The van der Waals surface area contributed by atoms with Crippen molar-refractivity contribution in [3.8, 4) is 11.5 Å². The fourth-order valence-corrected chi connectivity index (χ4v) is 2.53. The van der Waals surface area contributed by atoms with E-state index in [0.717, 1.165) is 0 Å². The average molecular weight is 346 g/mol. The number of nitrogens with zero attached hydrogens (tertiary/aromatic N) is 1. The number of anilines is 1. The van der Waals surface area contributed by atoms with Gasteiger partial charge in [0.1, 0.15) is 17.3 Å². The van der Waals surface area contributed by atoms with Crippen molar-refractivity contribution in [3.05, 3.63) is 53.3 Å². The number of methoxy groups -OCH3 is 1. The van der Waals surface area contributed by atoms with Gasteiger partial charge in [-0.25, -0.2) is 9.87 Å². The molecule has 1 aliphatic rings. The lowest BCUT2D eigenvalue weighted by molar-refractivity contribution is -0.121. The Balaban J connectivity index is 1.97. The van der Waals surface area contributed by atoms with Crippen LogP contribution < -0.4 is 19.9 Å².